The fraction of sp³-hybridized carbons (Fsp3) is 0.0769. The fourth-order valence-electron chi connectivity index (χ4n) is 1.56. The number of hydrogen-bond donors (Lipinski definition) is 0. The van der Waals surface area contributed by atoms with E-state index in [1.54, 1.807) is 0 Å². The molecule has 1 atom stereocenters. The molecule has 0 N–H and O–H groups in total. The highest BCUT2D eigenvalue weighted by atomic mass is 79.9. The first-order valence-corrected chi connectivity index (χ1v) is 7.81. The molecular formula is C13H8Br3Cl. The maximum Gasteiger partial charge on any atom is 0.0670 e. The minimum absolute atomic E-state index is 0.0723. The van der Waals surface area contributed by atoms with Crippen molar-refractivity contribution in [3.8, 4) is 0 Å². The van der Waals surface area contributed by atoms with Crippen molar-refractivity contribution in [3.05, 3.63) is 67.6 Å². The van der Waals surface area contributed by atoms with Gasteiger partial charge in [0.1, 0.15) is 0 Å². The summed E-state index contributed by atoms with van der Waals surface area (Å²) in [4.78, 5) is 0.0723. The number of benzene rings is 2. The van der Waals surface area contributed by atoms with Gasteiger partial charge in [-0.15, -0.1) is 0 Å². The van der Waals surface area contributed by atoms with Gasteiger partial charge in [-0.05, 0) is 35.4 Å². The molecule has 2 rings (SSSR count). The summed E-state index contributed by atoms with van der Waals surface area (Å²) in [6.07, 6.45) is 0. The summed E-state index contributed by atoms with van der Waals surface area (Å²) in [7, 11) is 0. The molecule has 2 aromatic rings. The van der Waals surface area contributed by atoms with Gasteiger partial charge in [0.05, 0.1) is 4.83 Å². The first kappa shape index (κ1) is 13.6. The molecule has 17 heavy (non-hydrogen) atoms. The summed E-state index contributed by atoms with van der Waals surface area (Å²) in [5.41, 5.74) is 2.21. The van der Waals surface area contributed by atoms with Crippen LogP contribution in [-0.2, 0) is 0 Å². The molecule has 0 nitrogen and oxygen atoms in total. The second kappa shape index (κ2) is 5.87. The molecule has 0 spiro atoms. The van der Waals surface area contributed by atoms with Crippen molar-refractivity contribution in [1.29, 1.82) is 0 Å². The van der Waals surface area contributed by atoms with Crippen molar-refractivity contribution in [3.63, 3.8) is 0 Å². The number of hydrogen-bond acceptors (Lipinski definition) is 0. The minimum atomic E-state index is 0.0723. The van der Waals surface area contributed by atoms with Gasteiger partial charge >= 0.3 is 0 Å². The largest absolute Gasteiger partial charge is 0.0840 e. The standard InChI is InChI=1S/C13H8Br3Cl/c14-8-5-6-11(15)10(7-8)13(16)9-3-1-2-4-12(9)17/h1-7,13H. The van der Waals surface area contributed by atoms with Crippen molar-refractivity contribution in [2.24, 2.45) is 0 Å². The smallest absolute Gasteiger partial charge is 0.0670 e. The SMILES string of the molecule is Clc1ccccc1C(Br)c1cc(Br)ccc1Br. The maximum atomic E-state index is 6.20. The van der Waals surface area contributed by atoms with Crippen LogP contribution in [0.2, 0.25) is 5.02 Å². The van der Waals surface area contributed by atoms with E-state index < -0.39 is 0 Å². The van der Waals surface area contributed by atoms with Gasteiger partial charge in [-0.1, -0.05) is 77.6 Å². The Morgan fingerprint density at radius 3 is 2.35 bits per heavy atom. The molecule has 0 aromatic heterocycles. The first-order chi connectivity index (χ1) is 8.09. The quantitative estimate of drug-likeness (QED) is 0.479. The Labute approximate surface area is 131 Å². The number of rotatable bonds is 2. The van der Waals surface area contributed by atoms with Crippen LogP contribution in [0.4, 0.5) is 0 Å². The van der Waals surface area contributed by atoms with Gasteiger partial charge < -0.3 is 0 Å². The van der Waals surface area contributed by atoms with Crippen LogP contribution in [0, 0.1) is 0 Å². The summed E-state index contributed by atoms with van der Waals surface area (Å²) in [6, 6.07) is 13.9. The van der Waals surface area contributed by atoms with E-state index >= 15 is 0 Å². The van der Waals surface area contributed by atoms with Crippen LogP contribution in [-0.4, -0.2) is 0 Å². The zero-order valence-corrected chi connectivity index (χ0v) is 14.1. The average molecular weight is 439 g/mol. The molecule has 0 fully saturated rings. The third-order valence-corrected chi connectivity index (χ3v) is 4.96. The van der Waals surface area contributed by atoms with Gasteiger partial charge in [0.25, 0.3) is 0 Å². The van der Waals surface area contributed by atoms with Gasteiger partial charge in [-0.3, -0.25) is 0 Å². The second-order valence-electron chi connectivity index (χ2n) is 3.55. The normalized spacial score (nSPS) is 12.5. The lowest BCUT2D eigenvalue weighted by Crippen LogP contribution is -1.95. The van der Waals surface area contributed by atoms with Crippen LogP contribution in [0.25, 0.3) is 0 Å². The highest BCUT2D eigenvalue weighted by Crippen LogP contribution is 2.39. The second-order valence-corrected chi connectivity index (χ2v) is 6.64. The lowest BCUT2D eigenvalue weighted by atomic mass is 10.1. The van der Waals surface area contributed by atoms with E-state index in [0.717, 1.165) is 25.1 Å². The van der Waals surface area contributed by atoms with E-state index in [9.17, 15) is 0 Å². The van der Waals surface area contributed by atoms with Gasteiger partial charge in [-0.25, -0.2) is 0 Å². The number of halogens is 4. The summed E-state index contributed by atoms with van der Waals surface area (Å²) in [5, 5.41) is 0.765. The molecule has 0 radical (unpaired) electrons. The molecular weight excluding hydrogens is 431 g/mol. The lowest BCUT2D eigenvalue weighted by Gasteiger charge is -2.14. The van der Waals surface area contributed by atoms with E-state index in [4.69, 9.17) is 11.6 Å². The average Bonchev–Trinajstić information content (AvgIpc) is 2.32. The van der Waals surface area contributed by atoms with Gasteiger partial charge in [0, 0.05) is 14.0 Å². The first-order valence-electron chi connectivity index (χ1n) is 4.93. The molecule has 0 heterocycles. The summed E-state index contributed by atoms with van der Waals surface area (Å²) in [6.45, 7) is 0. The van der Waals surface area contributed by atoms with Crippen LogP contribution in [0.15, 0.2) is 51.4 Å². The molecule has 2 aromatic carbocycles. The van der Waals surface area contributed by atoms with E-state index in [1.165, 1.54) is 0 Å². The maximum absolute atomic E-state index is 6.20. The molecule has 0 aliphatic carbocycles. The van der Waals surface area contributed by atoms with Crippen LogP contribution in [0.1, 0.15) is 16.0 Å². The Morgan fingerprint density at radius 1 is 0.941 bits per heavy atom. The molecule has 1 unspecified atom stereocenters. The van der Waals surface area contributed by atoms with Crippen LogP contribution in [0.5, 0.6) is 0 Å². The Hall–Kier alpha value is 0.170. The highest BCUT2D eigenvalue weighted by Gasteiger charge is 2.16. The van der Waals surface area contributed by atoms with Crippen molar-refractivity contribution in [1.82, 2.24) is 0 Å². The topological polar surface area (TPSA) is 0 Å². The van der Waals surface area contributed by atoms with Crippen molar-refractivity contribution in [2.75, 3.05) is 0 Å². The molecule has 4 heteroatoms. The van der Waals surface area contributed by atoms with Gasteiger partial charge in [0.15, 0.2) is 0 Å². The zero-order valence-electron chi connectivity index (χ0n) is 8.63. The number of alkyl halides is 1. The predicted octanol–water partition coefficient (Wildman–Crippen LogP) is 6.35. The van der Waals surface area contributed by atoms with E-state index in [1.807, 2.05) is 36.4 Å². The van der Waals surface area contributed by atoms with Gasteiger partial charge in [-0.2, -0.15) is 0 Å². The Morgan fingerprint density at radius 2 is 1.65 bits per heavy atom. The molecule has 0 amide bonds. The molecule has 0 aliphatic rings. The highest BCUT2D eigenvalue weighted by molar-refractivity contribution is 9.11. The van der Waals surface area contributed by atoms with Crippen LogP contribution in [0.3, 0.4) is 0 Å². The van der Waals surface area contributed by atoms with E-state index in [2.05, 4.69) is 53.9 Å². The minimum Gasteiger partial charge on any atom is -0.0840 e. The third kappa shape index (κ3) is 3.14. The van der Waals surface area contributed by atoms with Crippen molar-refractivity contribution < 1.29 is 0 Å². The van der Waals surface area contributed by atoms with Crippen molar-refractivity contribution in [2.45, 2.75) is 4.83 Å². The van der Waals surface area contributed by atoms with Crippen LogP contribution >= 0.6 is 59.4 Å². The van der Waals surface area contributed by atoms with Crippen molar-refractivity contribution >= 4 is 59.4 Å². The van der Waals surface area contributed by atoms with E-state index in [0.29, 0.717) is 0 Å². The van der Waals surface area contributed by atoms with Crippen LogP contribution < -0.4 is 0 Å². The Kier molecular flexibility index (Phi) is 4.70. The Bertz CT molecular complexity index is 540. The fourth-order valence-corrected chi connectivity index (χ4v) is 3.87. The third-order valence-electron chi connectivity index (χ3n) is 2.41. The summed E-state index contributed by atoms with van der Waals surface area (Å²) >= 11 is 16.9. The molecule has 0 saturated heterocycles. The monoisotopic (exact) mass is 436 g/mol. The lowest BCUT2D eigenvalue weighted by molar-refractivity contribution is 1.16. The van der Waals surface area contributed by atoms with E-state index in [-0.39, 0.29) is 4.83 Å². The summed E-state index contributed by atoms with van der Waals surface area (Å²) < 4.78 is 2.11. The molecule has 0 saturated carbocycles. The summed E-state index contributed by atoms with van der Waals surface area (Å²) in [5.74, 6) is 0. The van der Waals surface area contributed by atoms with Gasteiger partial charge in [0.2, 0.25) is 0 Å². The Balaban J connectivity index is 2.47. The molecule has 0 bridgehead atoms. The molecule has 0 aliphatic heterocycles. The predicted molar refractivity (Wildman–Crippen MR) is 84.1 cm³/mol. The molecule has 88 valence electrons. The zero-order chi connectivity index (χ0) is 12.4.